The van der Waals surface area contributed by atoms with Crippen molar-refractivity contribution in [2.75, 3.05) is 0 Å². The first kappa shape index (κ1) is 22.7. The highest BCUT2D eigenvalue weighted by molar-refractivity contribution is 4.81. The molecule has 0 heterocycles. The minimum atomic E-state index is 1.01. The molecule has 0 fully saturated rings. The maximum Gasteiger partial charge on any atom is -0.0351 e. The van der Waals surface area contributed by atoms with Crippen LogP contribution in [-0.4, -0.2) is 0 Å². The molecule has 23 heavy (non-hydrogen) atoms. The zero-order chi connectivity index (χ0) is 17.0. The van der Waals surface area contributed by atoms with Crippen molar-refractivity contribution in [1.82, 2.24) is 0 Å². The van der Waals surface area contributed by atoms with Gasteiger partial charge in [0.05, 0.1) is 0 Å². The molecule has 0 bridgehead atoms. The van der Waals surface area contributed by atoms with Crippen LogP contribution >= 0.6 is 0 Å². The smallest absolute Gasteiger partial charge is 0.0351 e. The molecule has 0 N–H and O–H groups in total. The van der Waals surface area contributed by atoms with Gasteiger partial charge in [-0.05, 0) is 31.6 Å². The van der Waals surface area contributed by atoms with Gasteiger partial charge in [0.15, 0.2) is 0 Å². The minimum Gasteiger partial charge on any atom is -0.0885 e. The first-order valence-electron chi connectivity index (χ1n) is 11.0. The number of unbranched alkanes of at least 4 members (excludes halogenated alkanes) is 11. The van der Waals surface area contributed by atoms with Crippen LogP contribution in [0.25, 0.3) is 0 Å². The summed E-state index contributed by atoms with van der Waals surface area (Å²) in [4.78, 5) is 0. The molecule has 0 amide bonds. The van der Waals surface area contributed by atoms with Crippen molar-refractivity contribution in [3.63, 3.8) is 0 Å². The molecule has 0 radical (unpaired) electrons. The van der Waals surface area contributed by atoms with Gasteiger partial charge >= 0.3 is 0 Å². The highest BCUT2D eigenvalue weighted by Gasteiger charge is 2.05. The Morgan fingerprint density at radius 2 is 0.957 bits per heavy atom. The second-order valence-corrected chi connectivity index (χ2v) is 7.44. The monoisotopic (exact) mass is 322 g/mol. The Labute approximate surface area is 148 Å². The second-order valence-electron chi connectivity index (χ2n) is 7.44. The lowest BCUT2D eigenvalue weighted by atomic mass is 9.92. The summed E-state index contributed by atoms with van der Waals surface area (Å²) in [6.07, 6.45) is 28.9. The van der Waals surface area contributed by atoms with E-state index in [4.69, 9.17) is 0 Å². The standard InChI is InChI=1S/C23H46/c1-4-7-9-10-11-12-13-14-15-16-17-18-20-22-23(6-3)21-19-8-5-2/h11-12,23H,4-10,13-22H2,1-3H3. The number of hydrogen-bond donors (Lipinski definition) is 0. The van der Waals surface area contributed by atoms with E-state index in [2.05, 4.69) is 32.9 Å². The van der Waals surface area contributed by atoms with Crippen molar-refractivity contribution in [2.24, 2.45) is 5.92 Å². The molecule has 1 atom stereocenters. The molecule has 138 valence electrons. The van der Waals surface area contributed by atoms with Crippen LogP contribution in [0.1, 0.15) is 130 Å². The quantitative estimate of drug-likeness (QED) is 0.174. The molecule has 0 aromatic carbocycles. The van der Waals surface area contributed by atoms with Gasteiger partial charge in [0, 0.05) is 0 Å². The summed E-state index contributed by atoms with van der Waals surface area (Å²) in [5, 5.41) is 0. The maximum absolute atomic E-state index is 2.41. The molecule has 0 saturated carbocycles. The van der Waals surface area contributed by atoms with E-state index in [1.807, 2.05) is 0 Å². The molecular formula is C23H46. The molecule has 0 aromatic heterocycles. The van der Waals surface area contributed by atoms with Gasteiger partial charge in [-0.25, -0.2) is 0 Å². The molecule has 0 aromatic rings. The Bertz CT molecular complexity index is 228. The third kappa shape index (κ3) is 17.9. The fourth-order valence-electron chi connectivity index (χ4n) is 3.39. The van der Waals surface area contributed by atoms with Crippen molar-refractivity contribution < 1.29 is 0 Å². The molecule has 0 heteroatoms. The van der Waals surface area contributed by atoms with Crippen LogP contribution in [0.3, 0.4) is 0 Å². The fourth-order valence-corrected chi connectivity index (χ4v) is 3.39. The highest BCUT2D eigenvalue weighted by atomic mass is 14.1. The topological polar surface area (TPSA) is 0 Å². The van der Waals surface area contributed by atoms with Gasteiger partial charge in [-0.2, -0.15) is 0 Å². The van der Waals surface area contributed by atoms with Gasteiger partial charge in [-0.3, -0.25) is 0 Å². The van der Waals surface area contributed by atoms with E-state index >= 15 is 0 Å². The maximum atomic E-state index is 2.41. The minimum absolute atomic E-state index is 1.01. The van der Waals surface area contributed by atoms with E-state index in [1.54, 1.807) is 0 Å². The van der Waals surface area contributed by atoms with Gasteiger partial charge in [-0.15, -0.1) is 0 Å². The molecular weight excluding hydrogens is 276 g/mol. The van der Waals surface area contributed by atoms with Crippen LogP contribution in [0.5, 0.6) is 0 Å². The fraction of sp³-hybridized carbons (Fsp3) is 0.913. The van der Waals surface area contributed by atoms with Crippen LogP contribution in [0.2, 0.25) is 0 Å². The van der Waals surface area contributed by atoms with E-state index in [0.717, 1.165) is 5.92 Å². The Balaban J connectivity index is 3.25. The van der Waals surface area contributed by atoms with Crippen molar-refractivity contribution >= 4 is 0 Å². The summed E-state index contributed by atoms with van der Waals surface area (Å²) in [5.74, 6) is 1.01. The lowest BCUT2D eigenvalue weighted by molar-refractivity contribution is 0.396. The van der Waals surface area contributed by atoms with Crippen molar-refractivity contribution in [1.29, 1.82) is 0 Å². The lowest BCUT2D eigenvalue weighted by Crippen LogP contribution is -1.99. The number of rotatable bonds is 18. The van der Waals surface area contributed by atoms with E-state index in [0.29, 0.717) is 0 Å². The van der Waals surface area contributed by atoms with Crippen molar-refractivity contribution in [3.8, 4) is 0 Å². The van der Waals surface area contributed by atoms with Crippen LogP contribution in [-0.2, 0) is 0 Å². The van der Waals surface area contributed by atoms with Crippen LogP contribution < -0.4 is 0 Å². The number of hydrogen-bond acceptors (Lipinski definition) is 0. The van der Waals surface area contributed by atoms with Crippen LogP contribution in [0.15, 0.2) is 12.2 Å². The molecule has 0 spiro atoms. The van der Waals surface area contributed by atoms with E-state index in [1.165, 1.54) is 109 Å². The van der Waals surface area contributed by atoms with Gasteiger partial charge in [0.25, 0.3) is 0 Å². The van der Waals surface area contributed by atoms with Crippen molar-refractivity contribution in [2.45, 2.75) is 130 Å². The number of allylic oxidation sites excluding steroid dienone is 2. The van der Waals surface area contributed by atoms with Crippen molar-refractivity contribution in [3.05, 3.63) is 12.2 Å². The first-order chi connectivity index (χ1) is 11.3. The predicted molar refractivity (Wildman–Crippen MR) is 108 cm³/mol. The summed E-state index contributed by atoms with van der Waals surface area (Å²) in [7, 11) is 0. The molecule has 0 aliphatic heterocycles. The van der Waals surface area contributed by atoms with Gasteiger partial charge < -0.3 is 0 Å². The zero-order valence-corrected chi connectivity index (χ0v) is 16.8. The van der Waals surface area contributed by atoms with Crippen LogP contribution in [0, 0.1) is 5.92 Å². The van der Waals surface area contributed by atoms with E-state index < -0.39 is 0 Å². The van der Waals surface area contributed by atoms with E-state index in [9.17, 15) is 0 Å². The van der Waals surface area contributed by atoms with Gasteiger partial charge in [0.2, 0.25) is 0 Å². The molecule has 0 aliphatic rings. The third-order valence-corrected chi connectivity index (χ3v) is 5.17. The highest BCUT2D eigenvalue weighted by Crippen LogP contribution is 2.21. The SMILES string of the molecule is CCCCCC=CCCCCCCCCC(CC)CCCCC. The lowest BCUT2D eigenvalue weighted by Gasteiger charge is -2.14. The summed E-state index contributed by atoms with van der Waals surface area (Å²) in [6.45, 7) is 6.97. The Morgan fingerprint density at radius 1 is 0.522 bits per heavy atom. The Hall–Kier alpha value is -0.260. The summed E-state index contributed by atoms with van der Waals surface area (Å²) in [5.41, 5.74) is 0. The molecule has 0 saturated heterocycles. The largest absolute Gasteiger partial charge is 0.0885 e. The molecule has 0 aliphatic carbocycles. The van der Waals surface area contributed by atoms with E-state index in [-0.39, 0.29) is 0 Å². The normalized spacial score (nSPS) is 13.0. The zero-order valence-electron chi connectivity index (χ0n) is 16.8. The third-order valence-electron chi connectivity index (χ3n) is 5.17. The van der Waals surface area contributed by atoms with Crippen LogP contribution in [0.4, 0.5) is 0 Å². The predicted octanol–water partition coefficient (Wildman–Crippen LogP) is 8.85. The second kappa shape index (κ2) is 19.8. The summed E-state index contributed by atoms with van der Waals surface area (Å²) < 4.78 is 0. The average Bonchev–Trinajstić information content (AvgIpc) is 2.57. The summed E-state index contributed by atoms with van der Waals surface area (Å²) >= 11 is 0. The molecule has 0 rings (SSSR count). The Kier molecular flexibility index (Phi) is 19.6. The van der Waals surface area contributed by atoms with Gasteiger partial charge in [-0.1, -0.05) is 116 Å². The van der Waals surface area contributed by atoms with Gasteiger partial charge in [0.1, 0.15) is 0 Å². The molecule has 1 unspecified atom stereocenters. The first-order valence-corrected chi connectivity index (χ1v) is 11.0. The Morgan fingerprint density at radius 3 is 1.52 bits per heavy atom. The molecule has 0 nitrogen and oxygen atoms in total. The summed E-state index contributed by atoms with van der Waals surface area (Å²) in [6, 6.07) is 0. The average molecular weight is 323 g/mol.